The number of likely N-dealkylation sites (tertiary alicyclic amines) is 1. The van der Waals surface area contributed by atoms with Crippen molar-refractivity contribution in [2.75, 3.05) is 35.8 Å². The van der Waals surface area contributed by atoms with Crippen molar-refractivity contribution in [3.05, 3.63) is 57.6 Å². The molecule has 1 atom stereocenters. The average molecular weight is 451 g/mol. The van der Waals surface area contributed by atoms with Crippen LogP contribution in [0.5, 0.6) is 0 Å². The second-order valence-corrected chi connectivity index (χ2v) is 9.71. The van der Waals surface area contributed by atoms with Gasteiger partial charge in [0.2, 0.25) is 0 Å². The van der Waals surface area contributed by atoms with Crippen molar-refractivity contribution < 1.29 is 13.3 Å². The second kappa shape index (κ2) is 8.41. The van der Waals surface area contributed by atoms with Crippen LogP contribution in [-0.2, 0) is 10.0 Å². The van der Waals surface area contributed by atoms with Crippen molar-refractivity contribution in [2.24, 2.45) is 0 Å². The molecule has 0 saturated carbocycles. The molecule has 0 aliphatic carbocycles. The first-order valence-corrected chi connectivity index (χ1v) is 11.8. The van der Waals surface area contributed by atoms with Crippen molar-refractivity contribution in [1.82, 2.24) is 4.90 Å². The van der Waals surface area contributed by atoms with Crippen LogP contribution in [0.1, 0.15) is 19.3 Å². The highest BCUT2D eigenvalue weighted by Gasteiger charge is 2.33. The Morgan fingerprint density at radius 2 is 1.83 bits per heavy atom. The van der Waals surface area contributed by atoms with E-state index in [1.807, 2.05) is 4.90 Å². The number of benzene rings is 2. The van der Waals surface area contributed by atoms with E-state index in [0.717, 1.165) is 25.6 Å². The maximum Gasteiger partial charge on any atom is 0.293 e. The molecule has 2 fully saturated rings. The van der Waals surface area contributed by atoms with E-state index in [1.165, 1.54) is 31.0 Å². The number of hydrogen-bond donors (Lipinski definition) is 1. The highest BCUT2D eigenvalue weighted by atomic mass is 35.5. The van der Waals surface area contributed by atoms with E-state index in [1.54, 1.807) is 18.2 Å². The first-order valence-electron chi connectivity index (χ1n) is 9.90. The van der Waals surface area contributed by atoms with Gasteiger partial charge in [-0.05, 0) is 56.6 Å². The summed E-state index contributed by atoms with van der Waals surface area (Å²) in [6.07, 6.45) is 3.34. The van der Waals surface area contributed by atoms with Crippen LogP contribution in [0, 0.1) is 10.1 Å². The van der Waals surface area contributed by atoms with E-state index < -0.39 is 14.9 Å². The van der Waals surface area contributed by atoms with Crippen molar-refractivity contribution >= 4 is 38.7 Å². The summed E-state index contributed by atoms with van der Waals surface area (Å²) < 4.78 is 27.9. The summed E-state index contributed by atoms with van der Waals surface area (Å²) in [5.41, 5.74) is 0.469. The van der Waals surface area contributed by atoms with E-state index >= 15 is 0 Å². The number of sulfonamides is 1. The van der Waals surface area contributed by atoms with E-state index in [-0.39, 0.29) is 21.3 Å². The fourth-order valence-corrected chi connectivity index (χ4v) is 5.54. The average Bonchev–Trinajstić information content (AvgIpc) is 3.41. The number of hydrogen-bond acceptors (Lipinski definition) is 6. The zero-order chi connectivity index (χ0) is 21.3. The monoisotopic (exact) mass is 450 g/mol. The molecule has 0 radical (unpaired) electrons. The number of nitrogens with zero attached hydrogens (tertiary/aromatic N) is 3. The molecule has 0 spiro atoms. The standard InChI is InChI=1S/C20H23ClN4O4S/c21-17-5-1-2-6-18(17)22-30(28,29)16-7-8-19(20(13-16)25(26)27)24-12-9-15(14-24)23-10-3-4-11-23/h1-2,5-8,13,15,22H,3-4,9-12,14H2. The zero-order valence-electron chi connectivity index (χ0n) is 16.3. The Morgan fingerprint density at radius 3 is 2.53 bits per heavy atom. The molecule has 2 heterocycles. The van der Waals surface area contributed by atoms with Crippen LogP contribution in [-0.4, -0.2) is 50.5 Å². The van der Waals surface area contributed by atoms with Gasteiger partial charge in [0.15, 0.2) is 0 Å². The highest BCUT2D eigenvalue weighted by Crippen LogP contribution is 2.35. The van der Waals surface area contributed by atoms with E-state index in [4.69, 9.17) is 11.6 Å². The summed E-state index contributed by atoms with van der Waals surface area (Å²) in [5.74, 6) is 0. The third-order valence-electron chi connectivity index (χ3n) is 5.73. The summed E-state index contributed by atoms with van der Waals surface area (Å²) in [6.45, 7) is 3.58. The van der Waals surface area contributed by atoms with Gasteiger partial charge < -0.3 is 4.90 Å². The minimum Gasteiger partial charge on any atom is -0.364 e. The third kappa shape index (κ3) is 4.23. The molecular weight excluding hydrogens is 428 g/mol. The Hall–Kier alpha value is -2.36. The topological polar surface area (TPSA) is 95.8 Å². The zero-order valence-corrected chi connectivity index (χ0v) is 17.9. The van der Waals surface area contributed by atoms with E-state index in [9.17, 15) is 18.5 Å². The number of anilines is 2. The Bertz CT molecular complexity index is 1060. The molecular formula is C20H23ClN4O4S. The molecule has 30 heavy (non-hydrogen) atoms. The first-order chi connectivity index (χ1) is 14.3. The Morgan fingerprint density at radius 1 is 1.10 bits per heavy atom. The van der Waals surface area contributed by atoms with E-state index in [2.05, 4.69) is 9.62 Å². The molecule has 2 aliphatic heterocycles. The van der Waals surface area contributed by atoms with Gasteiger partial charge in [-0.1, -0.05) is 23.7 Å². The van der Waals surface area contributed by atoms with Crippen molar-refractivity contribution in [3.63, 3.8) is 0 Å². The van der Waals surface area contributed by atoms with E-state index in [0.29, 0.717) is 24.8 Å². The molecule has 10 heteroatoms. The molecule has 2 saturated heterocycles. The molecule has 1 N–H and O–H groups in total. The smallest absolute Gasteiger partial charge is 0.293 e. The van der Waals surface area contributed by atoms with Crippen LogP contribution in [0.4, 0.5) is 17.1 Å². The molecule has 160 valence electrons. The summed E-state index contributed by atoms with van der Waals surface area (Å²) in [5, 5.41) is 12.0. The van der Waals surface area contributed by atoms with Gasteiger partial charge >= 0.3 is 0 Å². The fraction of sp³-hybridized carbons (Fsp3) is 0.400. The Labute approximate surface area is 180 Å². The number of halogens is 1. The summed E-state index contributed by atoms with van der Waals surface area (Å²) in [6, 6.07) is 10.9. The lowest BCUT2D eigenvalue weighted by molar-refractivity contribution is -0.384. The maximum absolute atomic E-state index is 12.8. The molecule has 2 aromatic rings. The minimum absolute atomic E-state index is 0.173. The molecule has 2 aliphatic rings. The van der Waals surface area contributed by atoms with Gasteiger partial charge in [0.05, 0.1) is 20.5 Å². The lowest BCUT2D eigenvalue weighted by atomic mass is 10.2. The molecule has 0 aromatic heterocycles. The predicted molar refractivity (Wildman–Crippen MR) is 117 cm³/mol. The lowest BCUT2D eigenvalue weighted by Crippen LogP contribution is -2.35. The summed E-state index contributed by atoms with van der Waals surface area (Å²) >= 11 is 6.03. The third-order valence-corrected chi connectivity index (χ3v) is 7.43. The molecule has 8 nitrogen and oxygen atoms in total. The lowest BCUT2D eigenvalue weighted by Gasteiger charge is -2.24. The summed E-state index contributed by atoms with van der Waals surface area (Å²) in [7, 11) is -4.02. The number of nitro groups is 1. The SMILES string of the molecule is O=[N+]([O-])c1cc(S(=O)(=O)Nc2ccccc2Cl)ccc1N1CCC(N2CCCC2)C1. The van der Waals surface area contributed by atoms with Gasteiger partial charge in [0, 0.05) is 25.2 Å². The van der Waals surface area contributed by atoms with Gasteiger partial charge in [-0.2, -0.15) is 0 Å². The number of nitrogens with one attached hydrogen (secondary N) is 1. The predicted octanol–water partition coefficient (Wildman–Crippen LogP) is 3.72. The van der Waals surface area contributed by atoms with Crippen molar-refractivity contribution in [2.45, 2.75) is 30.2 Å². The van der Waals surface area contributed by atoms with Crippen LogP contribution in [0.2, 0.25) is 5.02 Å². The highest BCUT2D eigenvalue weighted by molar-refractivity contribution is 7.92. The van der Waals surface area contributed by atoms with Crippen LogP contribution < -0.4 is 9.62 Å². The van der Waals surface area contributed by atoms with Crippen LogP contribution in [0.3, 0.4) is 0 Å². The Balaban J connectivity index is 1.59. The van der Waals surface area contributed by atoms with Crippen LogP contribution in [0.15, 0.2) is 47.4 Å². The quantitative estimate of drug-likeness (QED) is 0.532. The molecule has 0 bridgehead atoms. The molecule has 0 amide bonds. The summed E-state index contributed by atoms with van der Waals surface area (Å²) in [4.78, 5) is 15.5. The normalized spacial score (nSPS) is 19.9. The molecule has 2 aromatic carbocycles. The van der Waals surface area contributed by atoms with Crippen molar-refractivity contribution in [3.8, 4) is 0 Å². The molecule has 1 unspecified atom stereocenters. The molecule has 4 rings (SSSR count). The van der Waals surface area contributed by atoms with Gasteiger partial charge in [0.25, 0.3) is 15.7 Å². The Kier molecular flexibility index (Phi) is 5.86. The number of rotatable bonds is 6. The number of nitro benzene ring substituents is 1. The fourth-order valence-electron chi connectivity index (χ4n) is 4.20. The largest absolute Gasteiger partial charge is 0.364 e. The van der Waals surface area contributed by atoms with Gasteiger partial charge in [0.1, 0.15) is 5.69 Å². The van der Waals surface area contributed by atoms with Gasteiger partial charge in [-0.25, -0.2) is 8.42 Å². The van der Waals surface area contributed by atoms with Crippen LogP contribution >= 0.6 is 11.6 Å². The van der Waals surface area contributed by atoms with Crippen LogP contribution in [0.25, 0.3) is 0 Å². The van der Waals surface area contributed by atoms with Gasteiger partial charge in [-0.3, -0.25) is 19.7 Å². The number of para-hydroxylation sites is 1. The maximum atomic E-state index is 12.8. The second-order valence-electron chi connectivity index (χ2n) is 7.62. The van der Waals surface area contributed by atoms with Gasteiger partial charge in [-0.15, -0.1) is 0 Å². The minimum atomic E-state index is -4.02. The van der Waals surface area contributed by atoms with Crippen molar-refractivity contribution in [1.29, 1.82) is 0 Å². The first kappa shape index (κ1) is 20.9.